The predicted molar refractivity (Wildman–Crippen MR) is 61.2 cm³/mol. The molecular formula is C11H12N4O2. The molecule has 88 valence electrons. The topological polar surface area (TPSA) is 85.7 Å². The summed E-state index contributed by atoms with van der Waals surface area (Å²) in [6.07, 6.45) is 8.42. The molecule has 0 saturated heterocycles. The van der Waals surface area contributed by atoms with Crippen molar-refractivity contribution in [3.8, 4) is 0 Å². The summed E-state index contributed by atoms with van der Waals surface area (Å²) in [6, 6.07) is 0. The maximum absolute atomic E-state index is 9.01. The van der Waals surface area contributed by atoms with Gasteiger partial charge in [-0.1, -0.05) is 12.2 Å². The number of hydrogen-bond acceptors (Lipinski definition) is 5. The smallest absolute Gasteiger partial charge is 0.180 e. The van der Waals surface area contributed by atoms with Crippen molar-refractivity contribution in [3.63, 3.8) is 0 Å². The monoisotopic (exact) mass is 232 g/mol. The first-order valence-electron chi connectivity index (χ1n) is 5.31. The summed E-state index contributed by atoms with van der Waals surface area (Å²) in [5.41, 5.74) is 7.22. The molecule has 0 saturated carbocycles. The first kappa shape index (κ1) is 10.2. The molecular weight excluding hydrogens is 220 g/mol. The number of aliphatic hydroxyl groups excluding tert-OH is 1. The Morgan fingerprint density at radius 3 is 3.06 bits per heavy atom. The van der Waals surface area contributed by atoms with E-state index in [1.807, 2.05) is 16.6 Å². The molecule has 0 radical (unpaired) electrons. The quantitative estimate of drug-likeness (QED) is 0.727. The van der Waals surface area contributed by atoms with Crippen molar-refractivity contribution in [1.29, 1.82) is 0 Å². The Morgan fingerprint density at radius 1 is 1.41 bits per heavy atom. The molecule has 3 heterocycles. The molecule has 2 atom stereocenters. The fraction of sp³-hybridized carbons (Fsp3) is 0.273. The van der Waals surface area contributed by atoms with Crippen LogP contribution in [0.25, 0.3) is 5.65 Å². The lowest BCUT2D eigenvalue weighted by molar-refractivity contribution is 0.0231. The van der Waals surface area contributed by atoms with Gasteiger partial charge in [-0.25, -0.2) is 9.97 Å². The standard InChI is InChI=1S/C11H12N4O2/c12-10-11-14-5-8(15(11)4-3-13-10)9-2-1-7(6-16)17-9/h1-5,7,9,16H,6H2,(H2,12,13)/t7-,9+/m0/s1. The number of nitrogen functional groups attached to an aromatic ring is 1. The maximum Gasteiger partial charge on any atom is 0.180 e. The van der Waals surface area contributed by atoms with E-state index in [1.165, 1.54) is 0 Å². The van der Waals surface area contributed by atoms with Crippen LogP contribution in [0.2, 0.25) is 0 Å². The second-order valence-corrected chi connectivity index (χ2v) is 3.85. The van der Waals surface area contributed by atoms with E-state index >= 15 is 0 Å². The molecule has 3 rings (SSSR count). The largest absolute Gasteiger partial charge is 0.393 e. The van der Waals surface area contributed by atoms with Crippen LogP contribution in [-0.4, -0.2) is 32.2 Å². The molecule has 0 bridgehead atoms. The molecule has 0 amide bonds. The molecule has 1 aliphatic heterocycles. The second-order valence-electron chi connectivity index (χ2n) is 3.85. The Balaban J connectivity index is 2.02. The zero-order chi connectivity index (χ0) is 11.8. The van der Waals surface area contributed by atoms with Gasteiger partial charge in [-0.3, -0.25) is 4.40 Å². The van der Waals surface area contributed by atoms with Crippen LogP contribution in [0.5, 0.6) is 0 Å². The van der Waals surface area contributed by atoms with Crippen LogP contribution in [0.4, 0.5) is 5.82 Å². The number of ether oxygens (including phenoxy) is 1. The zero-order valence-electron chi connectivity index (χ0n) is 9.02. The number of rotatable bonds is 2. The van der Waals surface area contributed by atoms with Crippen molar-refractivity contribution in [2.75, 3.05) is 12.3 Å². The van der Waals surface area contributed by atoms with Crippen LogP contribution in [0.3, 0.4) is 0 Å². The van der Waals surface area contributed by atoms with Crippen molar-refractivity contribution in [2.45, 2.75) is 12.2 Å². The Bertz CT molecular complexity index is 578. The fourth-order valence-electron chi connectivity index (χ4n) is 1.94. The number of aromatic nitrogens is 3. The van der Waals surface area contributed by atoms with Gasteiger partial charge in [-0.15, -0.1) is 0 Å². The number of nitrogens with zero attached hydrogens (tertiary/aromatic N) is 3. The van der Waals surface area contributed by atoms with Gasteiger partial charge in [0.15, 0.2) is 11.5 Å². The van der Waals surface area contributed by atoms with Gasteiger partial charge in [0.2, 0.25) is 0 Å². The lowest BCUT2D eigenvalue weighted by Gasteiger charge is -2.12. The van der Waals surface area contributed by atoms with Crippen molar-refractivity contribution >= 4 is 11.5 Å². The van der Waals surface area contributed by atoms with E-state index in [1.54, 1.807) is 18.6 Å². The van der Waals surface area contributed by atoms with E-state index < -0.39 is 0 Å². The van der Waals surface area contributed by atoms with Crippen molar-refractivity contribution in [1.82, 2.24) is 14.4 Å². The molecule has 0 fully saturated rings. The molecule has 17 heavy (non-hydrogen) atoms. The van der Waals surface area contributed by atoms with Gasteiger partial charge in [0.05, 0.1) is 18.5 Å². The predicted octanol–water partition coefficient (Wildman–Crippen LogP) is 0.300. The third-order valence-electron chi connectivity index (χ3n) is 2.78. The summed E-state index contributed by atoms with van der Waals surface area (Å²) in [5.74, 6) is 0.388. The molecule has 0 aliphatic carbocycles. The number of aliphatic hydroxyl groups is 1. The van der Waals surface area contributed by atoms with Crippen LogP contribution in [-0.2, 0) is 4.74 Å². The van der Waals surface area contributed by atoms with Gasteiger partial charge in [0.1, 0.15) is 12.2 Å². The summed E-state index contributed by atoms with van der Waals surface area (Å²) in [5, 5.41) is 9.01. The van der Waals surface area contributed by atoms with Gasteiger partial charge >= 0.3 is 0 Å². The van der Waals surface area contributed by atoms with E-state index in [4.69, 9.17) is 15.6 Å². The van der Waals surface area contributed by atoms with Gasteiger partial charge < -0.3 is 15.6 Å². The van der Waals surface area contributed by atoms with E-state index in [0.29, 0.717) is 11.5 Å². The molecule has 2 aromatic rings. The Hall–Kier alpha value is -1.92. The molecule has 0 unspecified atom stereocenters. The minimum Gasteiger partial charge on any atom is -0.393 e. The summed E-state index contributed by atoms with van der Waals surface area (Å²) < 4.78 is 7.46. The average molecular weight is 232 g/mol. The lowest BCUT2D eigenvalue weighted by atomic mass is 10.2. The molecule has 1 aliphatic rings. The molecule has 0 aromatic carbocycles. The van der Waals surface area contributed by atoms with Gasteiger partial charge in [0, 0.05) is 12.4 Å². The molecule has 6 nitrogen and oxygen atoms in total. The molecule has 6 heteroatoms. The van der Waals surface area contributed by atoms with Crippen LogP contribution >= 0.6 is 0 Å². The van der Waals surface area contributed by atoms with E-state index in [-0.39, 0.29) is 18.8 Å². The third kappa shape index (κ3) is 1.58. The highest BCUT2D eigenvalue weighted by atomic mass is 16.5. The van der Waals surface area contributed by atoms with Crippen LogP contribution in [0.15, 0.2) is 30.7 Å². The maximum atomic E-state index is 9.01. The highest BCUT2D eigenvalue weighted by Gasteiger charge is 2.23. The molecule has 0 spiro atoms. The SMILES string of the molecule is Nc1nccn2c([C@H]3C=C[C@@H](CO)O3)cnc12. The normalized spacial score (nSPS) is 23.6. The number of nitrogens with two attached hydrogens (primary N) is 1. The van der Waals surface area contributed by atoms with Gasteiger partial charge in [-0.05, 0) is 0 Å². The van der Waals surface area contributed by atoms with E-state index in [9.17, 15) is 0 Å². The van der Waals surface area contributed by atoms with Crippen LogP contribution in [0, 0.1) is 0 Å². The number of fused-ring (bicyclic) bond motifs is 1. The average Bonchev–Trinajstić information content (AvgIpc) is 2.94. The third-order valence-corrected chi connectivity index (χ3v) is 2.78. The number of imidazole rings is 1. The summed E-state index contributed by atoms with van der Waals surface area (Å²) in [6.45, 7) is -0.0204. The van der Waals surface area contributed by atoms with Crippen LogP contribution in [0.1, 0.15) is 11.8 Å². The first-order valence-corrected chi connectivity index (χ1v) is 5.31. The zero-order valence-corrected chi connectivity index (χ0v) is 9.02. The van der Waals surface area contributed by atoms with Crippen molar-refractivity contribution in [3.05, 3.63) is 36.4 Å². The highest BCUT2D eigenvalue weighted by molar-refractivity contribution is 5.60. The Labute approximate surface area is 97.4 Å². The van der Waals surface area contributed by atoms with Gasteiger partial charge in [0.25, 0.3) is 0 Å². The molecule has 2 aromatic heterocycles. The first-order chi connectivity index (χ1) is 8.29. The fourth-order valence-corrected chi connectivity index (χ4v) is 1.94. The second kappa shape index (κ2) is 3.83. The van der Waals surface area contributed by atoms with Crippen molar-refractivity contribution < 1.29 is 9.84 Å². The number of hydrogen-bond donors (Lipinski definition) is 2. The minimum absolute atomic E-state index is 0.0204. The lowest BCUT2D eigenvalue weighted by Crippen LogP contribution is -2.12. The molecule has 3 N–H and O–H groups in total. The van der Waals surface area contributed by atoms with Crippen molar-refractivity contribution in [2.24, 2.45) is 0 Å². The van der Waals surface area contributed by atoms with E-state index in [0.717, 1.165) is 5.69 Å². The van der Waals surface area contributed by atoms with Gasteiger partial charge in [-0.2, -0.15) is 0 Å². The Morgan fingerprint density at radius 2 is 2.29 bits per heavy atom. The minimum atomic E-state index is -0.246. The van der Waals surface area contributed by atoms with Crippen LogP contribution < -0.4 is 5.73 Å². The summed E-state index contributed by atoms with van der Waals surface area (Å²) in [7, 11) is 0. The highest BCUT2D eigenvalue weighted by Crippen LogP contribution is 2.27. The van der Waals surface area contributed by atoms with E-state index in [2.05, 4.69) is 9.97 Å². The number of anilines is 1. The Kier molecular flexibility index (Phi) is 2.31. The summed E-state index contributed by atoms with van der Waals surface area (Å²) >= 11 is 0. The summed E-state index contributed by atoms with van der Waals surface area (Å²) in [4.78, 5) is 8.19.